The van der Waals surface area contributed by atoms with Gasteiger partial charge in [0.2, 0.25) is 5.91 Å². The summed E-state index contributed by atoms with van der Waals surface area (Å²) in [4.78, 5) is 18.2. The van der Waals surface area contributed by atoms with Crippen molar-refractivity contribution in [3.63, 3.8) is 0 Å². The number of hydrogen-bond acceptors (Lipinski definition) is 4. The maximum Gasteiger partial charge on any atom is 0.227 e. The van der Waals surface area contributed by atoms with Gasteiger partial charge in [-0.3, -0.25) is 9.69 Å². The second-order valence-corrected chi connectivity index (χ2v) is 11.5. The molecule has 0 radical (unpaired) electrons. The van der Waals surface area contributed by atoms with E-state index in [-0.39, 0.29) is 18.4 Å². The first kappa shape index (κ1) is 30.5. The quantitative estimate of drug-likeness (QED) is 0.267. The number of nitrogens with one attached hydrogen (secondary N) is 1. The Bertz CT molecular complexity index is 1200. The standard InChI is InChI=1S/C32H43N3O3S/c1-6-29(36)22-35(7-2)23-31(27-13-9-8-10-14-27)34(5)32(37)21-25-12-11-15-28(20-25)33-39(38)30-18-16-26(17-19-30)24(3)4/h8-20,24,29,31,33,36H,6-7,21-23H2,1-5H3/t29?,31-,39?/m1/s1. The predicted molar refractivity (Wildman–Crippen MR) is 161 cm³/mol. The van der Waals surface area contributed by atoms with Crippen LogP contribution in [0.15, 0.2) is 83.8 Å². The summed E-state index contributed by atoms with van der Waals surface area (Å²) in [6, 6.07) is 25.3. The molecule has 3 aromatic rings. The van der Waals surface area contributed by atoms with Crippen molar-refractivity contribution >= 4 is 22.6 Å². The van der Waals surface area contributed by atoms with Gasteiger partial charge in [-0.25, -0.2) is 4.21 Å². The minimum absolute atomic E-state index is 0.00140. The molecule has 0 aliphatic rings. The number of benzene rings is 3. The third-order valence-electron chi connectivity index (χ3n) is 7.12. The van der Waals surface area contributed by atoms with E-state index in [0.29, 0.717) is 36.0 Å². The molecular weight excluding hydrogens is 506 g/mol. The molecule has 3 rings (SSSR count). The summed E-state index contributed by atoms with van der Waals surface area (Å²) >= 11 is 0. The fourth-order valence-corrected chi connectivity index (χ4v) is 5.33. The third kappa shape index (κ3) is 9.02. The molecule has 210 valence electrons. The second-order valence-electron chi connectivity index (χ2n) is 10.3. The van der Waals surface area contributed by atoms with E-state index in [2.05, 4.69) is 30.4 Å². The number of aliphatic hydroxyl groups excluding tert-OH is 1. The van der Waals surface area contributed by atoms with Crippen molar-refractivity contribution in [2.75, 3.05) is 31.4 Å². The molecule has 0 saturated carbocycles. The smallest absolute Gasteiger partial charge is 0.227 e. The van der Waals surface area contributed by atoms with E-state index >= 15 is 0 Å². The van der Waals surface area contributed by atoms with E-state index in [1.807, 2.05) is 97.7 Å². The summed E-state index contributed by atoms with van der Waals surface area (Å²) in [6.07, 6.45) is 0.533. The van der Waals surface area contributed by atoms with Gasteiger partial charge in [0.15, 0.2) is 0 Å². The molecule has 0 aromatic heterocycles. The summed E-state index contributed by atoms with van der Waals surface area (Å²) in [5, 5.41) is 10.2. The Labute approximate surface area is 236 Å². The van der Waals surface area contributed by atoms with Gasteiger partial charge in [-0.15, -0.1) is 0 Å². The lowest BCUT2D eigenvalue weighted by Gasteiger charge is -2.34. The molecule has 2 N–H and O–H groups in total. The summed E-state index contributed by atoms with van der Waals surface area (Å²) in [5.74, 6) is 0.417. The van der Waals surface area contributed by atoms with Crippen LogP contribution in [0.4, 0.5) is 5.69 Å². The fourth-order valence-electron chi connectivity index (χ4n) is 4.49. The predicted octanol–water partition coefficient (Wildman–Crippen LogP) is 5.78. The van der Waals surface area contributed by atoms with E-state index in [1.165, 1.54) is 5.56 Å². The van der Waals surface area contributed by atoms with Crippen molar-refractivity contribution < 1.29 is 14.1 Å². The highest BCUT2D eigenvalue weighted by Gasteiger charge is 2.25. The van der Waals surface area contributed by atoms with E-state index in [1.54, 1.807) is 0 Å². The lowest BCUT2D eigenvalue weighted by Crippen LogP contribution is -2.42. The summed E-state index contributed by atoms with van der Waals surface area (Å²) in [5.41, 5.74) is 3.83. The Morgan fingerprint density at radius 3 is 2.23 bits per heavy atom. The molecule has 0 aliphatic carbocycles. The summed E-state index contributed by atoms with van der Waals surface area (Å²) in [6.45, 7) is 10.3. The molecule has 0 fully saturated rings. The zero-order valence-corrected chi connectivity index (χ0v) is 24.7. The molecule has 6 nitrogen and oxygen atoms in total. The third-order valence-corrected chi connectivity index (χ3v) is 8.24. The molecule has 0 spiro atoms. The molecule has 0 aliphatic heterocycles. The number of nitrogens with zero attached hydrogens (tertiary/aromatic N) is 2. The molecule has 0 heterocycles. The van der Waals surface area contributed by atoms with Gasteiger partial charge in [0, 0.05) is 25.8 Å². The number of hydrogen-bond donors (Lipinski definition) is 2. The number of aliphatic hydroxyl groups is 1. The van der Waals surface area contributed by atoms with Crippen molar-refractivity contribution in [2.45, 2.75) is 63.5 Å². The average Bonchev–Trinajstić information content (AvgIpc) is 2.95. The van der Waals surface area contributed by atoms with Gasteiger partial charge in [0.05, 0.1) is 23.5 Å². The van der Waals surface area contributed by atoms with Crippen LogP contribution in [0.25, 0.3) is 0 Å². The maximum absolute atomic E-state index is 13.5. The minimum Gasteiger partial charge on any atom is -0.392 e. The number of likely N-dealkylation sites (N-methyl/N-ethyl adjacent to an activating group) is 2. The highest BCUT2D eigenvalue weighted by molar-refractivity contribution is 7.86. The minimum atomic E-state index is -1.40. The van der Waals surface area contributed by atoms with Crippen LogP contribution < -0.4 is 4.72 Å². The topological polar surface area (TPSA) is 72.9 Å². The molecule has 0 saturated heterocycles. The number of rotatable bonds is 14. The summed E-state index contributed by atoms with van der Waals surface area (Å²) < 4.78 is 16.0. The number of anilines is 1. The molecule has 3 aromatic carbocycles. The fraction of sp³-hybridized carbons (Fsp3) is 0.406. The van der Waals surface area contributed by atoms with E-state index < -0.39 is 17.1 Å². The molecule has 3 atom stereocenters. The van der Waals surface area contributed by atoms with Crippen LogP contribution in [0.1, 0.15) is 62.8 Å². The van der Waals surface area contributed by atoms with Gasteiger partial charge in [-0.1, -0.05) is 82.3 Å². The first-order chi connectivity index (χ1) is 18.7. The Morgan fingerprint density at radius 1 is 0.923 bits per heavy atom. The SMILES string of the molecule is CCC(O)CN(CC)C[C@H](c1ccccc1)N(C)C(=O)Cc1cccc(NS(=O)c2ccc(C(C)C)cc2)c1. The zero-order valence-electron chi connectivity index (χ0n) is 23.8. The Hall–Kier alpha value is -3.00. The Balaban J connectivity index is 1.71. The van der Waals surface area contributed by atoms with Crippen LogP contribution in [-0.4, -0.2) is 57.8 Å². The molecule has 1 amide bonds. The molecular formula is C32H43N3O3S. The number of carbonyl (C=O) groups excluding carboxylic acids is 1. The van der Waals surface area contributed by atoms with E-state index in [0.717, 1.165) is 17.7 Å². The van der Waals surface area contributed by atoms with Crippen molar-refractivity contribution in [3.05, 3.63) is 95.6 Å². The summed E-state index contributed by atoms with van der Waals surface area (Å²) in [7, 11) is 0.446. The van der Waals surface area contributed by atoms with E-state index in [4.69, 9.17) is 0 Å². The number of carbonyl (C=O) groups is 1. The molecule has 7 heteroatoms. The van der Waals surface area contributed by atoms with Crippen molar-refractivity contribution in [1.82, 2.24) is 9.80 Å². The van der Waals surface area contributed by atoms with Gasteiger partial charge in [0.25, 0.3) is 0 Å². The van der Waals surface area contributed by atoms with Crippen LogP contribution >= 0.6 is 0 Å². The highest BCUT2D eigenvalue weighted by atomic mass is 32.2. The molecule has 2 unspecified atom stereocenters. The van der Waals surface area contributed by atoms with Gasteiger partial charge >= 0.3 is 0 Å². The highest BCUT2D eigenvalue weighted by Crippen LogP contribution is 2.23. The first-order valence-electron chi connectivity index (χ1n) is 13.8. The largest absolute Gasteiger partial charge is 0.392 e. The zero-order chi connectivity index (χ0) is 28.4. The van der Waals surface area contributed by atoms with Gasteiger partial charge in [-0.05, 0) is 59.8 Å². The van der Waals surface area contributed by atoms with Gasteiger partial charge in [-0.2, -0.15) is 0 Å². The van der Waals surface area contributed by atoms with Crippen LogP contribution in [0.2, 0.25) is 0 Å². The van der Waals surface area contributed by atoms with Crippen molar-refractivity contribution in [1.29, 1.82) is 0 Å². The first-order valence-corrected chi connectivity index (χ1v) is 14.9. The molecule has 39 heavy (non-hydrogen) atoms. The van der Waals surface area contributed by atoms with Crippen molar-refractivity contribution in [3.8, 4) is 0 Å². The normalized spacial score (nSPS) is 13.7. The second kappa shape index (κ2) is 15.0. The van der Waals surface area contributed by atoms with Gasteiger partial charge in [0.1, 0.15) is 11.0 Å². The Kier molecular flexibility index (Phi) is 11.7. The van der Waals surface area contributed by atoms with Gasteiger partial charge < -0.3 is 14.7 Å². The van der Waals surface area contributed by atoms with Crippen molar-refractivity contribution in [2.24, 2.45) is 0 Å². The van der Waals surface area contributed by atoms with Crippen LogP contribution in [0, 0.1) is 0 Å². The lowest BCUT2D eigenvalue weighted by atomic mass is 10.0. The van der Waals surface area contributed by atoms with E-state index in [9.17, 15) is 14.1 Å². The van der Waals surface area contributed by atoms with Crippen LogP contribution in [0.5, 0.6) is 0 Å². The maximum atomic E-state index is 13.5. The van der Waals surface area contributed by atoms with Crippen LogP contribution in [-0.2, 0) is 22.2 Å². The Morgan fingerprint density at radius 2 is 1.62 bits per heavy atom. The lowest BCUT2D eigenvalue weighted by molar-refractivity contribution is -0.131. The average molecular weight is 550 g/mol. The van der Waals surface area contributed by atoms with Crippen LogP contribution in [0.3, 0.4) is 0 Å². The molecule has 0 bridgehead atoms. The number of amides is 1. The monoisotopic (exact) mass is 549 g/mol.